The van der Waals surface area contributed by atoms with Gasteiger partial charge < -0.3 is 25.2 Å². The molecule has 2 aromatic carbocycles. The van der Waals surface area contributed by atoms with Crippen LogP contribution in [-0.2, 0) is 11.2 Å². The average molecular weight is 582 g/mol. The molecule has 1 amide bonds. The van der Waals surface area contributed by atoms with E-state index in [1.807, 2.05) is 27.6 Å². The van der Waals surface area contributed by atoms with Crippen molar-refractivity contribution in [3.63, 3.8) is 0 Å². The quantitative estimate of drug-likeness (QED) is 0.207. The number of carboxylic acids is 1. The van der Waals surface area contributed by atoms with Crippen molar-refractivity contribution in [1.29, 1.82) is 0 Å². The second-order valence-electron chi connectivity index (χ2n) is 8.73. The van der Waals surface area contributed by atoms with E-state index >= 15 is 0 Å². The Kier molecular flexibility index (Phi) is 19.3. The highest BCUT2D eigenvalue weighted by Crippen LogP contribution is 2.21. The minimum Gasteiger partial charge on any atom is -0.478 e. The van der Waals surface area contributed by atoms with Crippen LogP contribution >= 0.6 is 0 Å². The Bertz CT molecular complexity index is 1300. The summed E-state index contributed by atoms with van der Waals surface area (Å²) in [5, 5.41) is 20.2. The molecule has 1 aromatic heterocycles. The summed E-state index contributed by atoms with van der Waals surface area (Å²) in [5.41, 5.74) is 2.03. The molecule has 8 nitrogen and oxygen atoms in total. The molecule has 3 N–H and O–H groups in total. The van der Waals surface area contributed by atoms with Crippen LogP contribution < -0.4 is 5.32 Å². The van der Waals surface area contributed by atoms with E-state index in [2.05, 4.69) is 41.0 Å². The zero-order chi connectivity index (χ0) is 32.1. The molecule has 0 saturated heterocycles. The van der Waals surface area contributed by atoms with Crippen molar-refractivity contribution in [2.24, 2.45) is 0 Å². The van der Waals surface area contributed by atoms with E-state index in [4.69, 9.17) is 9.90 Å². The fraction of sp³-hybridized carbons (Fsp3) is 0.394. The van der Waals surface area contributed by atoms with E-state index in [9.17, 15) is 19.1 Å². The fourth-order valence-electron chi connectivity index (χ4n) is 3.97. The molecule has 0 saturated carbocycles. The lowest BCUT2D eigenvalue weighted by molar-refractivity contribution is -0.0980. The molecule has 3 rings (SSSR count). The number of benzene rings is 2. The Hall–Kier alpha value is -4.29. The van der Waals surface area contributed by atoms with Crippen LogP contribution in [0.1, 0.15) is 85.9 Å². The van der Waals surface area contributed by atoms with Crippen molar-refractivity contribution in [3.05, 3.63) is 76.7 Å². The third-order valence-electron chi connectivity index (χ3n) is 5.84. The predicted octanol–water partition coefficient (Wildman–Crippen LogP) is 5.70. The van der Waals surface area contributed by atoms with Crippen LogP contribution in [0.2, 0.25) is 0 Å². The summed E-state index contributed by atoms with van der Waals surface area (Å²) < 4.78 is 13.2. The first-order chi connectivity index (χ1) is 20.3. The minimum absolute atomic E-state index is 0.000597. The third-order valence-corrected chi connectivity index (χ3v) is 5.84. The number of carbonyl (C=O) groups excluding carboxylic acids is 2. The van der Waals surface area contributed by atoms with Gasteiger partial charge in [0.15, 0.2) is 0 Å². The lowest BCUT2D eigenvalue weighted by Gasteiger charge is -2.17. The molecule has 42 heavy (non-hydrogen) atoms. The zero-order valence-electron chi connectivity index (χ0n) is 25.5. The summed E-state index contributed by atoms with van der Waals surface area (Å²) in [7, 11) is 1.00. The molecule has 0 aliphatic carbocycles. The minimum atomic E-state index is -1.14. The van der Waals surface area contributed by atoms with Crippen molar-refractivity contribution in [2.75, 3.05) is 20.2 Å². The molecule has 1 atom stereocenters. The molecule has 0 aliphatic heterocycles. The molecule has 9 heteroatoms. The Morgan fingerprint density at radius 3 is 2.12 bits per heavy atom. The number of pyridine rings is 1. The van der Waals surface area contributed by atoms with Crippen molar-refractivity contribution < 1.29 is 29.0 Å². The van der Waals surface area contributed by atoms with Gasteiger partial charge in [-0.25, -0.2) is 14.2 Å². The number of carboxylic acid groups (broad SMARTS) is 1. The van der Waals surface area contributed by atoms with Gasteiger partial charge in [-0.2, -0.15) is 0 Å². The molecule has 1 heterocycles. The van der Waals surface area contributed by atoms with E-state index in [1.165, 1.54) is 18.2 Å². The van der Waals surface area contributed by atoms with E-state index in [0.29, 0.717) is 29.3 Å². The van der Waals surface area contributed by atoms with Crippen LogP contribution in [-0.4, -0.2) is 65.0 Å². The van der Waals surface area contributed by atoms with E-state index in [0.717, 1.165) is 38.6 Å². The third kappa shape index (κ3) is 12.1. The van der Waals surface area contributed by atoms with Crippen molar-refractivity contribution in [1.82, 2.24) is 15.2 Å². The number of hydrogen-bond donors (Lipinski definition) is 3. The second-order valence-corrected chi connectivity index (χ2v) is 8.73. The van der Waals surface area contributed by atoms with Crippen LogP contribution in [0.5, 0.6) is 0 Å². The molecule has 1 unspecified atom stereocenters. The molecule has 0 fully saturated rings. The first-order valence-electron chi connectivity index (χ1n) is 14.1. The molecule has 228 valence electrons. The number of aromatic nitrogens is 1. The molecular formula is C33H44FN3O5. The number of amides is 1. The zero-order valence-corrected chi connectivity index (χ0v) is 25.5. The van der Waals surface area contributed by atoms with Gasteiger partial charge in [0.1, 0.15) is 18.3 Å². The number of aliphatic hydroxyl groups excluding tert-OH is 1. The Labute approximate surface area is 249 Å². The first-order valence-corrected chi connectivity index (χ1v) is 14.1. The number of hydrogen-bond acceptors (Lipinski definition) is 6. The van der Waals surface area contributed by atoms with Gasteiger partial charge >= 0.3 is 5.97 Å². The Balaban J connectivity index is 0.00000263. The number of carbonyl (C=O) groups is 3. The maximum absolute atomic E-state index is 13.2. The molecule has 0 bridgehead atoms. The summed E-state index contributed by atoms with van der Waals surface area (Å²) in [6.07, 6.45) is 3.16. The summed E-state index contributed by atoms with van der Waals surface area (Å²) in [5.74, 6) is 1.22. The number of halogens is 1. The maximum Gasteiger partial charge on any atom is 0.336 e. The van der Waals surface area contributed by atoms with Gasteiger partial charge in [0.05, 0.1) is 11.1 Å². The lowest BCUT2D eigenvalue weighted by atomic mass is 10.0. The highest BCUT2D eigenvalue weighted by Gasteiger charge is 2.19. The first kappa shape index (κ1) is 37.7. The van der Waals surface area contributed by atoms with Crippen molar-refractivity contribution >= 4 is 29.6 Å². The fourth-order valence-corrected chi connectivity index (χ4v) is 3.97. The van der Waals surface area contributed by atoms with Gasteiger partial charge in [-0.05, 0) is 73.6 Å². The van der Waals surface area contributed by atoms with Gasteiger partial charge in [0, 0.05) is 43.2 Å². The van der Waals surface area contributed by atoms with Gasteiger partial charge in [0.2, 0.25) is 0 Å². The number of nitrogens with zero attached hydrogens (tertiary/aromatic N) is 2. The Morgan fingerprint density at radius 1 is 1.00 bits per heavy atom. The number of aliphatic hydroxyl groups is 1. The second kappa shape index (κ2) is 21.5. The van der Waals surface area contributed by atoms with Crippen molar-refractivity contribution in [2.45, 2.75) is 66.3 Å². The summed E-state index contributed by atoms with van der Waals surface area (Å²) in [6, 6.07) is 15.6. The number of nitrogens with one attached hydrogen (secondary N) is 1. The highest BCUT2D eigenvalue weighted by atomic mass is 19.1. The lowest BCUT2D eigenvalue weighted by Crippen LogP contribution is -2.36. The topological polar surface area (TPSA) is 120 Å². The monoisotopic (exact) mass is 581 g/mol. The number of fused-ring (bicyclic) bond motifs is 1. The predicted molar refractivity (Wildman–Crippen MR) is 166 cm³/mol. The van der Waals surface area contributed by atoms with Gasteiger partial charge in [-0.3, -0.25) is 4.79 Å². The standard InChI is InChI=1S/C29H32FN3O3.C2H6.CH4O.CH2O/c1-4-14-33(15-5-2)16-13-21-9-12-26-24(18-21)25(29(35)36)19-27(32-26)28(34)31-23(6-3)17-20-7-10-22(30)11-8-20;3*1-2/h7-12,18-19,23H,4-6,14-15,17H2,1-3H3,(H,31,34)(H,35,36);1-2H3;2H,1H3;1H2. The summed E-state index contributed by atoms with van der Waals surface area (Å²) in [4.78, 5) is 39.5. The maximum atomic E-state index is 13.2. The van der Waals surface area contributed by atoms with Crippen LogP contribution in [0.25, 0.3) is 10.9 Å². The molecule has 0 radical (unpaired) electrons. The van der Waals surface area contributed by atoms with E-state index in [1.54, 1.807) is 30.3 Å². The number of aromatic carboxylic acids is 1. The average Bonchev–Trinajstić information content (AvgIpc) is 3.03. The number of rotatable bonds is 10. The molecule has 0 spiro atoms. The Morgan fingerprint density at radius 2 is 1.60 bits per heavy atom. The molecule has 3 aromatic rings. The smallest absolute Gasteiger partial charge is 0.336 e. The van der Waals surface area contributed by atoms with Gasteiger partial charge in [-0.15, -0.1) is 0 Å². The highest BCUT2D eigenvalue weighted by molar-refractivity contribution is 6.06. The van der Waals surface area contributed by atoms with Crippen LogP contribution in [0.4, 0.5) is 4.39 Å². The van der Waals surface area contributed by atoms with Crippen LogP contribution in [0.15, 0.2) is 48.5 Å². The molecular weight excluding hydrogens is 537 g/mol. The van der Waals surface area contributed by atoms with E-state index in [-0.39, 0.29) is 23.1 Å². The largest absolute Gasteiger partial charge is 0.478 e. The van der Waals surface area contributed by atoms with Crippen LogP contribution in [0, 0.1) is 17.8 Å². The van der Waals surface area contributed by atoms with E-state index < -0.39 is 11.9 Å². The van der Waals surface area contributed by atoms with Gasteiger partial charge in [0.25, 0.3) is 5.91 Å². The van der Waals surface area contributed by atoms with Crippen LogP contribution in [0.3, 0.4) is 0 Å². The normalized spacial score (nSPS) is 10.2. The van der Waals surface area contributed by atoms with Crippen molar-refractivity contribution in [3.8, 4) is 12.0 Å². The SMILES string of the molecule is C=O.CC.CCCN(C#Cc1ccc2nc(C(=O)NC(CC)Cc3ccc(F)cc3)cc(C(=O)O)c2c1)CCC.CO. The van der Waals surface area contributed by atoms with Gasteiger partial charge in [-0.1, -0.05) is 46.8 Å². The molecule has 0 aliphatic rings. The summed E-state index contributed by atoms with van der Waals surface area (Å²) in [6.45, 7) is 13.9. The summed E-state index contributed by atoms with van der Waals surface area (Å²) >= 11 is 0.